The average molecular weight is 358 g/mol. The third kappa shape index (κ3) is 2.95. The topological polar surface area (TPSA) is 62.2 Å². The Morgan fingerprint density at radius 1 is 1.16 bits per heavy atom. The van der Waals surface area contributed by atoms with Gasteiger partial charge in [-0.25, -0.2) is 15.0 Å². The highest BCUT2D eigenvalue weighted by Gasteiger charge is 2.43. The fourth-order valence-corrected chi connectivity index (χ4v) is 4.13. The molecule has 4 heterocycles. The second-order valence-electron chi connectivity index (χ2n) is 6.79. The van der Waals surface area contributed by atoms with E-state index in [0.717, 1.165) is 30.2 Å². The van der Waals surface area contributed by atoms with Crippen molar-refractivity contribution < 1.29 is 4.79 Å². The number of hydrogen-bond acceptors (Lipinski definition) is 5. The zero-order valence-corrected chi connectivity index (χ0v) is 15.1. The van der Waals surface area contributed by atoms with Gasteiger partial charge in [0.25, 0.3) is 5.91 Å². The highest BCUT2D eigenvalue weighted by atomic mass is 35.5. The minimum atomic E-state index is -0.0454. The van der Waals surface area contributed by atoms with Crippen LogP contribution in [-0.4, -0.2) is 50.9 Å². The van der Waals surface area contributed by atoms with Crippen LogP contribution in [-0.2, 0) is 0 Å². The molecule has 0 aromatic carbocycles. The number of likely N-dealkylation sites (tertiary alicyclic amines) is 1. The first-order valence-electron chi connectivity index (χ1n) is 8.53. The molecule has 7 heteroatoms. The van der Waals surface area contributed by atoms with Crippen molar-refractivity contribution in [2.75, 3.05) is 18.0 Å². The van der Waals surface area contributed by atoms with Crippen molar-refractivity contribution in [3.8, 4) is 0 Å². The molecule has 2 aliphatic heterocycles. The van der Waals surface area contributed by atoms with Crippen LogP contribution in [0.3, 0.4) is 0 Å². The van der Waals surface area contributed by atoms with Crippen molar-refractivity contribution in [2.45, 2.75) is 38.8 Å². The molecule has 0 radical (unpaired) electrons. The lowest BCUT2D eigenvalue weighted by molar-refractivity contribution is 0.0716. The van der Waals surface area contributed by atoms with Crippen molar-refractivity contribution in [3.05, 3.63) is 46.5 Å². The summed E-state index contributed by atoms with van der Waals surface area (Å²) in [7, 11) is 0. The first kappa shape index (κ1) is 16.3. The molecule has 2 unspecified atom stereocenters. The van der Waals surface area contributed by atoms with E-state index in [-0.39, 0.29) is 23.1 Å². The van der Waals surface area contributed by atoms with Crippen molar-refractivity contribution in [1.29, 1.82) is 0 Å². The van der Waals surface area contributed by atoms with Gasteiger partial charge >= 0.3 is 0 Å². The Morgan fingerprint density at radius 2 is 1.80 bits per heavy atom. The third-order valence-corrected chi connectivity index (χ3v) is 5.26. The number of carbonyl (C=O) groups is 1. The molecular formula is C18H20ClN5O. The number of piperazine rings is 1. The standard InChI is InChI=1S/C18H20ClN5O/c1-11-8-12(2)22-18(21-11)24-13-5-6-14(24)10-23(9-13)17(25)15-4-3-7-20-16(15)19/h3-4,7-8,13-14H,5-6,9-10H2,1-2H3. The Labute approximate surface area is 151 Å². The smallest absolute Gasteiger partial charge is 0.257 e. The normalized spacial score (nSPS) is 22.4. The van der Waals surface area contributed by atoms with E-state index in [0.29, 0.717) is 18.7 Å². The molecule has 2 saturated heterocycles. The minimum absolute atomic E-state index is 0.0454. The van der Waals surface area contributed by atoms with Gasteiger partial charge in [-0.1, -0.05) is 11.6 Å². The number of halogens is 1. The molecule has 4 rings (SSSR count). The molecule has 2 aromatic rings. The molecular weight excluding hydrogens is 338 g/mol. The summed E-state index contributed by atoms with van der Waals surface area (Å²) in [4.78, 5) is 30.3. The van der Waals surface area contributed by atoms with Crippen LogP contribution in [0.5, 0.6) is 0 Å². The Hall–Kier alpha value is -2.21. The summed E-state index contributed by atoms with van der Waals surface area (Å²) >= 11 is 6.10. The van der Waals surface area contributed by atoms with Gasteiger partial charge in [-0.3, -0.25) is 4.79 Å². The number of aryl methyl sites for hydroxylation is 2. The van der Waals surface area contributed by atoms with E-state index in [1.54, 1.807) is 18.3 Å². The highest BCUT2D eigenvalue weighted by Crippen LogP contribution is 2.34. The van der Waals surface area contributed by atoms with Crippen LogP contribution in [0.4, 0.5) is 5.95 Å². The van der Waals surface area contributed by atoms with Gasteiger partial charge in [0.2, 0.25) is 5.95 Å². The van der Waals surface area contributed by atoms with Crippen molar-refractivity contribution >= 4 is 23.5 Å². The van der Waals surface area contributed by atoms with Gasteiger partial charge < -0.3 is 9.80 Å². The van der Waals surface area contributed by atoms with Crippen LogP contribution < -0.4 is 4.90 Å². The van der Waals surface area contributed by atoms with Crippen molar-refractivity contribution in [2.24, 2.45) is 0 Å². The Kier molecular flexibility index (Phi) is 4.07. The van der Waals surface area contributed by atoms with E-state index in [1.165, 1.54) is 0 Å². The van der Waals surface area contributed by atoms with Gasteiger partial charge in [0.15, 0.2) is 0 Å². The summed E-state index contributed by atoms with van der Waals surface area (Å²) in [5.41, 5.74) is 2.42. The fourth-order valence-electron chi connectivity index (χ4n) is 3.93. The van der Waals surface area contributed by atoms with Crippen LogP contribution in [0, 0.1) is 13.8 Å². The van der Waals surface area contributed by atoms with Crippen LogP contribution in [0.2, 0.25) is 5.15 Å². The molecule has 0 spiro atoms. The third-order valence-electron chi connectivity index (χ3n) is 4.96. The van der Waals surface area contributed by atoms with Crippen LogP contribution in [0.25, 0.3) is 0 Å². The molecule has 2 aromatic heterocycles. The summed E-state index contributed by atoms with van der Waals surface area (Å²) in [5, 5.41) is 0.264. The summed E-state index contributed by atoms with van der Waals surface area (Å²) in [6, 6.07) is 5.96. The summed E-state index contributed by atoms with van der Waals surface area (Å²) in [5.74, 6) is 0.743. The van der Waals surface area contributed by atoms with E-state index in [2.05, 4.69) is 19.9 Å². The van der Waals surface area contributed by atoms with Gasteiger partial charge in [-0.05, 0) is 44.9 Å². The summed E-state index contributed by atoms with van der Waals surface area (Å²) in [6.45, 7) is 5.31. The largest absolute Gasteiger partial charge is 0.334 e. The van der Waals surface area contributed by atoms with E-state index in [4.69, 9.17) is 11.6 Å². The molecule has 0 N–H and O–H groups in total. The van der Waals surface area contributed by atoms with Gasteiger partial charge in [-0.15, -0.1) is 0 Å². The van der Waals surface area contributed by atoms with Gasteiger partial charge in [0.1, 0.15) is 5.15 Å². The SMILES string of the molecule is Cc1cc(C)nc(N2C3CCC2CN(C(=O)c2cccnc2Cl)C3)n1. The van der Waals surface area contributed by atoms with E-state index >= 15 is 0 Å². The second-order valence-corrected chi connectivity index (χ2v) is 7.15. The van der Waals surface area contributed by atoms with Gasteiger partial charge in [-0.2, -0.15) is 0 Å². The zero-order valence-electron chi connectivity index (χ0n) is 14.3. The molecule has 2 atom stereocenters. The maximum absolute atomic E-state index is 12.8. The first-order valence-corrected chi connectivity index (χ1v) is 8.91. The molecule has 25 heavy (non-hydrogen) atoms. The number of nitrogens with zero attached hydrogens (tertiary/aromatic N) is 5. The number of anilines is 1. The first-order chi connectivity index (χ1) is 12.0. The molecule has 0 saturated carbocycles. The summed E-state index contributed by atoms with van der Waals surface area (Å²) in [6.07, 6.45) is 3.69. The number of pyridine rings is 1. The van der Waals surface area contributed by atoms with E-state index < -0.39 is 0 Å². The number of carbonyl (C=O) groups excluding carboxylic acids is 1. The molecule has 0 aliphatic carbocycles. The molecule has 1 amide bonds. The fraction of sp³-hybridized carbons (Fsp3) is 0.444. The summed E-state index contributed by atoms with van der Waals surface area (Å²) < 4.78 is 0. The van der Waals surface area contributed by atoms with Gasteiger partial charge in [0, 0.05) is 42.8 Å². The number of hydrogen-bond donors (Lipinski definition) is 0. The van der Waals surface area contributed by atoms with Crippen molar-refractivity contribution in [1.82, 2.24) is 19.9 Å². The molecule has 6 nitrogen and oxygen atoms in total. The number of rotatable bonds is 2. The maximum Gasteiger partial charge on any atom is 0.257 e. The number of aromatic nitrogens is 3. The van der Waals surface area contributed by atoms with Crippen LogP contribution in [0.1, 0.15) is 34.6 Å². The number of amides is 1. The quantitative estimate of drug-likeness (QED) is 0.773. The van der Waals surface area contributed by atoms with E-state index in [9.17, 15) is 4.79 Å². The number of fused-ring (bicyclic) bond motifs is 2. The lowest BCUT2D eigenvalue weighted by Crippen LogP contribution is -2.56. The Morgan fingerprint density at radius 3 is 2.40 bits per heavy atom. The average Bonchev–Trinajstić information content (AvgIpc) is 2.84. The monoisotopic (exact) mass is 357 g/mol. The van der Waals surface area contributed by atoms with Gasteiger partial charge in [0.05, 0.1) is 5.56 Å². The maximum atomic E-state index is 12.8. The Bertz CT molecular complexity index is 793. The Balaban J connectivity index is 1.58. The second kappa shape index (κ2) is 6.26. The molecule has 2 bridgehead atoms. The van der Waals surface area contributed by atoms with Crippen LogP contribution in [0.15, 0.2) is 24.4 Å². The van der Waals surface area contributed by atoms with Crippen molar-refractivity contribution in [3.63, 3.8) is 0 Å². The lowest BCUT2D eigenvalue weighted by atomic mass is 10.1. The highest BCUT2D eigenvalue weighted by molar-refractivity contribution is 6.32. The molecule has 130 valence electrons. The lowest BCUT2D eigenvalue weighted by Gasteiger charge is -2.41. The molecule has 2 fully saturated rings. The predicted molar refractivity (Wildman–Crippen MR) is 95.9 cm³/mol. The van der Waals surface area contributed by atoms with E-state index in [1.807, 2.05) is 24.8 Å². The zero-order chi connectivity index (χ0) is 17.6. The predicted octanol–water partition coefficient (Wildman–Crippen LogP) is 2.64. The molecule has 2 aliphatic rings. The minimum Gasteiger partial charge on any atom is -0.334 e. The van der Waals surface area contributed by atoms with Crippen LogP contribution >= 0.6 is 11.6 Å².